The predicted octanol–water partition coefficient (Wildman–Crippen LogP) is 2.63. The Balaban J connectivity index is 1.45. The van der Waals surface area contributed by atoms with Crippen LogP contribution < -0.4 is 5.32 Å². The van der Waals surface area contributed by atoms with Gasteiger partial charge in [-0.3, -0.25) is 14.8 Å². The van der Waals surface area contributed by atoms with Gasteiger partial charge < -0.3 is 9.88 Å². The number of nitrogens with one attached hydrogen (secondary N) is 1. The molecule has 126 valence electrons. The van der Waals surface area contributed by atoms with Crippen molar-refractivity contribution in [1.29, 1.82) is 0 Å². The van der Waals surface area contributed by atoms with Crippen molar-refractivity contribution in [3.63, 3.8) is 0 Å². The number of aryl methyl sites for hydroxylation is 1. The van der Waals surface area contributed by atoms with E-state index >= 15 is 0 Å². The molecule has 2 heterocycles. The molecule has 0 aliphatic heterocycles. The molecule has 3 aromatic rings. The molecule has 1 aromatic carbocycles. The number of hydrogen-bond acceptors (Lipinski definition) is 4. The van der Waals surface area contributed by atoms with E-state index in [0.29, 0.717) is 12.8 Å². The largest absolute Gasteiger partial charge is 0.326 e. The number of aromatic nitrogens is 4. The minimum atomic E-state index is -0.101. The average Bonchev–Trinajstić information content (AvgIpc) is 3.20. The Morgan fingerprint density at radius 3 is 2.24 bits per heavy atom. The van der Waals surface area contributed by atoms with Gasteiger partial charge in [0.15, 0.2) is 0 Å². The summed E-state index contributed by atoms with van der Waals surface area (Å²) in [6.45, 7) is 4.03. The standard InChI is InChI=1S/C19H19N5O/c1-12-13(2)24(11-22-12)16-5-3-15(4-6-16)23-19(25)14-9-17-18(10-14)21-8-7-20-17/h3-8,11,14H,9-10H2,1-2H3,(H,23,25). The Morgan fingerprint density at radius 1 is 1.04 bits per heavy atom. The second-order valence-corrected chi connectivity index (χ2v) is 6.38. The molecule has 0 radical (unpaired) electrons. The van der Waals surface area contributed by atoms with E-state index in [1.807, 2.05) is 49.0 Å². The molecule has 1 aliphatic carbocycles. The molecule has 0 saturated carbocycles. The van der Waals surface area contributed by atoms with Crippen LogP contribution in [-0.2, 0) is 17.6 Å². The first-order valence-corrected chi connectivity index (χ1v) is 8.32. The Hall–Kier alpha value is -3.02. The summed E-state index contributed by atoms with van der Waals surface area (Å²) in [5.41, 5.74) is 5.81. The molecule has 25 heavy (non-hydrogen) atoms. The number of fused-ring (bicyclic) bond motifs is 1. The minimum absolute atomic E-state index is 0.0159. The van der Waals surface area contributed by atoms with Crippen LogP contribution in [0.4, 0.5) is 5.69 Å². The Kier molecular flexibility index (Phi) is 3.80. The zero-order valence-corrected chi connectivity index (χ0v) is 14.2. The zero-order valence-electron chi connectivity index (χ0n) is 14.2. The smallest absolute Gasteiger partial charge is 0.228 e. The third-order valence-corrected chi connectivity index (χ3v) is 4.78. The van der Waals surface area contributed by atoms with Crippen LogP contribution in [0.25, 0.3) is 5.69 Å². The second kappa shape index (κ2) is 6.12. The maximum Gasteiger partial charge on any atom is 0.228 e. The van der Waals surface area contributed by atoms with Crippen LogP contribution in [0.5, 0.6) is 0 Å². The molecule has 1 amide bonds. The van der Waals surface area contributed by atoms with Crippen molar-refractivity contribution in [3.8, 4) is 5.69 Å². The van der Waals surface area contributed by atoms with Crippen LogP contribution >= 0.6 is 0 Å². The van der Waals surface area contributed by atoms with Crippen LogP contribution in [-0.4, -0.2) is 25.4 Å². The summed E-state index contributed by atoms with van der Waals surface area (Å²) in [6, 6.07) is 7.80. The third-order valence-electron chi connectivity index (χ3n) is 4.78. The van der Waals surface area contributed by atoms with Gasteiger partial charge in [-0.05, 0) is 38.1 Å². The first kappa shape index (κ1) is 15.5. The molecule has 4 rings (SSSR count). The van der Waals surface area contributed by atoms with Gasteiger partial charge in [-0.15, -0.1) is 0 Å². The number of rotatable bonds is 3. The van der Waals surface area contributed by atoms with E-state index < -0.39 is 0 Å². The van der Waals surface area contributed by atoms with Gasteiger partial charge in [0.1, 0.15) is 0 Å². The van der Waals surface area contributed by atoms with Crippen molar-refractivity contribution in [2.24, 2.45) is 5.92 Å². The molecular formula is C19H19N5O. The van der Waals surface area contributed by atoms with Crippen LogP contribution in [0, 0.1) is 19.8 Å². The first-order valence-electron chi connectivity index (χ1n) is 8.32. The highest BCUT2D eigenvalue weighted by Gasteiger charge is 2.29. The molecule has 0 bridgehead atoms. The number of carbonyl (C=O) groups excluding carboxylic acids is 1. The number of amides is 1. The monoisotopic (exact) mass is 333 g/mol. The molecule has 0 saturated heterocycles. The fourth-order valence-electron chi connectivity index (χ4n) is 3.17. The fourth-order valence-corrected chi connectivity index (χ4v) is 3.17. The number of anilines is 1. The highest BCUT2D eigenvalue weighted by Crippen LogP contribution is 2.24. The quantitative estimate of drug-likeness (QED) is 0.800. The first-order chi connectivity index (χ1) is 12.1. The molecular weight excluding hydrogens is 314 g/mol. The summed E-state index contributed by atoms with van der Waals surface area (Å²) in [7, 11) is 0. The van der Waals surface area contributed by atoms with E-state index in [-0.39, 0.29) is 11.8 Å². The van der Waals surface area contributed by atoms with Crippen molar-refractivity contribution in [1.82, 2.24) is 19.5 Å². The Morgan fingerprint density at radius 2 is 1.68 bits per heavy atom. The van der Waals surface area contributed by atoms with Crippen LogP contribution in [0.1, 0.15) is 22.8 Å². The Labute approximate surface area is 146 Å². The van der Waals surface area contributed by atoms with Gasteiger partial charge in [-0.25, -0.2) is 4.98 Å². The van der Waals surface area contributed by atoms with Gasteiger partial charge in [0.2, 0.25) is 5.91 Å². The molecule has 1 aliphatic rings. The lowest BCUT2D eigenvalue weighted by atomic mass is 10.1. The third kappa shape index (κ3) is 2.91. The summed E-state index contributed by atoms with van der Waals surface area (Å²) in [5, 5.41) is 3.00. The molecule has 0 spiro atoms. The number of nitrogens with zero attached hydrogens (tertiary/aromatic N) is 4. The highest BCUT2D eigenvalue weighted by molar-refractivity contribution is 5.93. The van der Waals surface area contributed by atoms with Gasteiger partial charge in [-0.1, -0.05) is 0 Å². The SMILES string of the molecule is Cc1ncn(-c2ccc(NC(=O)C3Cc4nccnc4C3)cc2)c1C. The van der Waals surface area contributed by atoms with Crippen molar-refractivity contribution < 1.29 is 4.79 Å². The minimum Gasteiger partial charge on any atom is -0.326 e. The van der Waals surface area contributed by atoms with Gasteiger partial charge in [0.05, 0.1) is 23.4 Å². The average molecular weight is 333 g/mol. The molecule has 2 aromatic heterocycles. The zero-order chi connectivity index (χ0) is 17.4. The van der Waals surface area contributed by atoms with E-state index in [0.717, 1.165) is 34.2 Å². The van der Waals surface area contributed by atoms with Gasteiger partial charge in [0, 0.05) is 48.2 Å². The number of imidazole rings is 1. The summed E-state index contributed by atoms with van der Waals surface area (Å²) in [5.74, 6) is -0.0853. The summed E-state index contributed by atoms with van der Waals surface area (Å²) in [4.78, 5) is 25.4. The van der Waals surface area contributed by atoms with Crippen LogP contribution in [0.2, 0.25) is 0 Å². The van der Waals surface area contributed by atoms with Crippen molar-refractivity contribution in [2.45, 2.75) is 26.7 Å². The summed E-state index contributed by atoms with van der Waals surface area (Å²) < 4.78 is 2.03. The van der Waals surface area contributed by atoms with E-state index in [2.05, 4.69) is 20.3 Å². The van der Waals surface area contributed by atoms with Gasteiger partial charge in [-0.2, -0.15) is 0 Å². The maximum absolute atomic E-state index is 12.5. The molecule has 0 unspecified atom stereocenters. The summed E-state index contributed by atoms with van der Waals surface area (Å²) in [6.07, 6.45) is 6.48. The number of benzene rings is 1. The van der Waals surface area contributed by atoms with E-state index in [9.17, 15) is 4.79 Å². The molecule has 1 N–H and O–H groups in total. The van der Waals surface area contributed by atoms with Crippen LogP contribution in [0.15, 0.2) is 43.0 Å². The Bertz CT molecular complexity index is 904. The lowest BCUT2D eigenvalue weighted by Gasteiger charge is -2.11. The van der Waals surface area contributed by atoms with Crippen molar-refractivity contribution >= 4 is 11.6 Å². The van der Waals surface area contributed by atoms with E-state index in [1.165, 1.54) is 0 Å². The predicted molar refractivity (Wildman–Crippen MR) is 94.6 cm³/mol. The summed E-state index contributed by atoms with van der Waals surface area (Å²) >= 11 is 0. The lowest BCUT2D eigenvalue weighted by molar-refractivity contribution is -0.119. The van der Waals surface area contributed by atoms with E-state index in [1.54, 1.807) is 12.4 Å². The molecule has 0 atom stereocenters. The molecule has 0 fully saturated rings. The molecule has 6 heteroatoms. The van der Waals surface area contributed by atoms with E-state index in [4.69, 9.17) is 0 Å². The van der Waals surface area contributed by atoms with Crippen LogP contribution in [0.3, 0.4) is 0 Å². The maximum atomic E-state index is 12.5. The highest BCUT2D eigenvalue weighted by atomic mass is 16.1. The lowest BCUT2D eigenvalue weighted by Crippen LogP contribution is -2.23. The topological polar surface area (TPSA) is 72.7 Å². The number of carbonyl (C=O) groups is 1. The van der Waals surface area contributed by atoms with Gasteiger partial charge >= 0.3 is 0 Å². The number of hydrogen-bond donors (Lipinski definition) is 1. The fraction of sp³-hybridized carbons (Fsp3) is 0.263. The molecule has 6 nitrogen and oxygen atoms in total. The van der Waals surface area contributed by atoms with Crippen molar-refractivity contribution in [2.75, 3.05) is 5.32 Å². The van der Waals surface area contributed by atoms with Gasteiger partial charge in [0.25, 0.3) is 0 Å². The normalized spacial score (nSPS) is 13.7. The second-order valence-electron chi connectivity index (χ2n) is 6.38. The van der Waals surface area contributed by atoms with Crippen molar-refractivity contribution in [3.05, 3.63) is 65.8 Å².